The molecule has 0 amide bonds. The number of hydrogen-bond acceptors (Lipinski definition) is 3. The summed E-state index contributed by atoms with van der Waals surface area (Å²) < 4.78 is 0. The Hall–Kier alpha value is -0.610. The van der Waals surface area contributed by atoms with Gasteiger partial charge in [-0.25, -0.2) is 0 Å². The molecule has 1 unspecified atom stereocenters. The van der Waals surface area contributed by atoms with Crippen LogP contribution >= 0.6 is 0 Å². The number of likely N-dealkylation sites (tertiary alicyclic amines) is 1. The van der Waals surface area contributed by atoms with Gasteiger partial charge in [-0.2, -0.15) is 0 Å². The van der Waals surface area contributed by atoms with Crippen LogP contribution in [0.5, 0.6) is 0 Å². The molecule has 1 heterocycles. The molecule has 4 heteroatoms. The van der Waals surface area contributed by atoms with Crippen molar-refractivity contribution in [3.63, 3.8) is 0 Å². The predicted molar refractivity (Wildman–Crippen MR) is 74.0 cm³/mol. The van der Waals surface area contributed by atoms with Crippen molar-refractivity contribution in [1.29, 1.82) is 0 Å². The monoisotopic (exact) mass is 269 g/mol. The van der Waals surface area contributed by atoms with Crippen LogP contribution in [-0.4, -0.2) is 45.8 Å². The zero-order valence-corrected chi connectivity index (χ0v) is 12.0. The van der Waals surface area contributed by atoms with Crippen molar-refractivity contribution in [1.82, 2.24) is 4.90 Å². The molecule has 2 aliphatic rings. The largest absolute Gasteiger partial charge is 0.481 e. The first-order chi connectivity index (χ1) is 9.00. The molecule has 0 aromatic heterocycles. The van der Waals surface area contributed by atoms with Crippen molar-refractivity contribution in [2.24, 2.45) is 5.92 Å². The van der Waals surface area contributed by atoms with E-state index in [4.69, 9.17) is 5.11 Å². The molecular formula is C15H27NO3. The molecule has 0 aromatic rings. The molecule has 1 saturated carbocycles. The van der Waals surface area contributed by atoms with Crippen LogP contribution in [0.1, 0.15) is 58.3 Å². The fourth-order valence-corrected chi connectivity index (χ4v) is 3.51. The second-order valence-corrected chi connectivity index (χ2v) is 6.51. The van der Waals surface area contributed by atoms with Crippen molar-refractivity contribution in [3.05, 3.63) is 0 Å². The standard InChI is InChI=1S/C15H27NO3/c1-12-5-3-2-4-10-16(12)11-15(19)8-6-13(7-9-15)14(17)18/h12-13,19H,2-11H2,1H3,(H,17,18). The van der Waals surface area contributed by atoms with Crippen LogP contribution in [-0.2, 0) is 4.79 Å². The molecule has 2 fully saturated rings. The number of carbonyl (C=O) groups is 1. The summed E-state index contributed by atoms with van der Waals surface area (Å²) in [5.74, 6) is -0.952. The summed E-state index contributed by atoms with van der Waals surface area (Å²) >= 11 is 0. The summed E-state index contributed by atoms with van der Waals surface area (Å²) in [7, 11) is 0. The van der Waals surface area contributed by atoms with Crippen molar-refractivity contribution in [2.45, 2.75) is 69.9 Å². The molecule has 0 radical (unpaired) electrons. The molecule has 1 aliphatic heterocycles. The number of hydrogen-bond donors (Lipinski definition) is 2. The SMILES string of the molecule is CC1CCCCCN1CC1(O)CCC(C(=O)O)CC1. The Morgan fingerprint density at radius 3 is 2.53 bits per heavy atom. The van der Waals surface area contributed by atoms with Crippen LogP contribution in [0.3, 0.4) is 0 Å². The van der Waals surface area contributed by atoms with Crippen molar-refractivity contribution < 1.29 is 15.0 Å². The van der Waals surface area contributed by atoms with Gasteiger partial charge in [-0.1, -0.05) is 12.8 Å². The third-order valence-electron chi connectivity index (χ3n) is 4.95. The summed E-state index contributed by atoms with van der Waals surface area (Å²) in [6, 6.07) is 0.545. The minimum absolute atomic E-state index is 0.248. The van der Waals surface area contributed by atoms with Crippen molar-refractivity contribution in [3.8, 4) is 0 Å². The maximum Gasteiger partial charge on any atom is 0.306 e. The lowest BCUT2D eigenvalue weighted by atomic mass is 9.78. The van der Waals surface area contributed by atoms with Crippen LogP contribution in [0.25, 0.3) is 0 Å². The highest BCUT2D eigenvalue weighted by Gasteiger charge is 2.37. The molecule has 19 heavy (non-hydrogen) atoms. The number of nitrogens with zero attached hydrogens (tertiary/aromatic N) is 1. The van der Waals surface area contributed by atoms with Crippen molar-refractivity contribution >= 4 is 5.97 Å². The Labute approximate surface area is 115 Å². The molecule has 2 N–H and O–H groups in total. The second kappa shape index (κ2) is 6.23. The fourth-order valence-electron chi connectivity index (χ4n) is 3.51. The average Bonchev–Trinajstić information content (AvgIpc) is 2.55. The van der Waals surface area contributed by atoms with E-state index in [0.29, 0.717) is 31.7 Å². The Morgan fingerprint density at radius 2 is 1.89 bits per heavy atom. The molecule has 0 bridgehead atoms. The third-order valence-corrected chi connectivity index (χ3v) is 4.95. The van der Waals surface area contributed by atoms with E-state index < -0.39 is 11.6 Å². The van der Waals surface area contributed by atoms with Gasteiger partial charge in [0.25, 0.3) is 0 Å². The fraction of sp³-hybridized carbons (Fsp3) is 0.933. The molecule has 1 aliphatic carbocycles. The van der Waals surface area contributed by atoms with Gasteiger partial charge in [0.2, 0.25) is 0 Å². The van der Waals surface area contributed by atoms with E-state index in [1.54, 1.807) is 0 Å². The van der Waals surface area contributed by atoms with Crippen LogP contribution in [0.4, 0.5) is 0 Å². The smallest absolute Gasteiger partial charge is 0.306 e. The predicted octanol–water partition coefficient (Wildman–Crippen LogP) is 2.26. The highest BCUT2D eigenvalue weighted by atomic mass is 16.4. The number of β-amino-alcohol motifs (C(OH)–C–C–N with tert-alkyl or cyclic N) is 1. The normalized spacial score (nSPS) is 37.8. The molecule has 0 spiro atoms. The Balaban J connectivity index is 1.89. The van der Waals surface area contributed by atoms with E-state index in [0.717, 1.165) is 13.1 Å². The minimum atomic E-state index is -0.704. The van der Waals surface area contributed by atoms with Crippen LogP contribution < -0.4 is 0 Å². The first-order valence-corrected chi connectivity index (χ1v) is 7.69. The van der Waals surface area contributed by atoms with E-state index in [9.17, 15) is 9.90 Å². The lowest BCUT2D eigenvalue weighted by molar-refractivity contribution is -0.145. The number of carboxylic acid groups (broad SMARTS) is 1. The summed E-state index contributed by atoms with van der Waals surface area (Å²) in [6.07, 6.45) is 7.52. The third kappa shape index (κ3) is 3.93. The lowest BCUT2D eigenvalue weighted by Crippen LogP contribution is -2.48. The van der Waals surface area contributed by atoms with E-state index in [1.165, 1.54) is 25.7 Å². The van der Waals surface area contributed by atoms with E-state index in [2.05, 4.69) is 11.8 Å². The van der Waals surface area contributed by atoms with Crippen molar-refractivity contribution in [2.75, 3.05) is 13.1 Å². The van der Waals surface area contributed by atoms with Crippen LogP contribution in [0, 0.1) is 5.92 Å². The Kier molecular flexibility index (Phi) is 4.85. The molecule has 2 rings (SSSR count). The quantitative estimate of drug-likeness (QED) is 0.825. The van der Waals surface area contributed by atoms with Gasteiger partial charge in [0.05, 0.1) is 11.5 Å². The number of aliphatic carboxylic acids is 1. The molecule has 0 aromatic carbocycles. The van der Waals surface area contributed by atoms with Gasteiger partial charge in [-0.05, 0) is 52.0 Å². The minimum Gasteiger partial charge on any atom is -0.481 e. The number of aliphatic hydroxyl groups is 1. The van der Waals surface area contributed by atoms with Gasteiger partial charge in [0, 0.05) is 12.6 Å². The van der Waals surface area contributed by atoms with Gasteiger partial charge in [-0.3, -0.25) is 9.69 Å². The summed E-state index contributed by atoms with van der Waals surface area (Å²) in [5, 5.41) is 19.7. The van der Waals surface area contributed by atoms with Gasteiger partial charge in [0.15, 0.2) is 0 Å². The Bertz CT molecular complexity index is 311. The molecule has 1 atom stereocenters. The first kappa shape index (κ1) is 14.8. The molecule has 110 valence electrons. The van der Waals surface area contributed by atoms with Gasteiger partial charge in [0.1, 0.15) is 0 Å². The summed E-state index contributed by atoms with van der Waals surface area (Å²) in [4.78, 5) is 13.4. The van der Waals surface area contributed by atoms with Crippen LogP contribution in [0.2, 0.25) is 0 Å². The van der Waals surface area contributed by atoms with Gasteiger partial charge < -0.3 is 10.2 Å². The molecular weight excluding hydrogens is 242 g/mol. The number of carboxylic acids is 1. The highest BCUT2D eigenvalue weighted by molar-refractivity contribution is 5.70. The zero-order valence-electron chi connectivity index (χ0n) is 12.0. The first-order valence-electron chi connectivity index (χ1n) is 7.69. The van der Waals surface area contributed by atoms with Gasteiger partial charge in [-0.15, -0.1) is 0 Å². The Morgan fingerprint density at radius 1 is 1.21 bits per heavy atom. The molecule has 1 saturated heterocycles. The molecule has 4 nitrogen and oxygen atoms in total. The van der Waals surface area contributed by atoms with Crippen LogP contribution in [0.15, 0.2) is 0 Å². The zero-order chi connectivity index (χ0) is 13.9. The second-order valence-electron chi connectivity index (χ2n) is 6.51. The van der Waals surface area contributed by atoms with E-state index >= 15 is 0 Å². The summed E-state index contributed by atoms with van der Waals surface area (Å²) in [6.45, 7) is 4.05. The lowest BCUT2D eigenvalue weighted by Gasteiger charge is -2.40. The number of rotatable bonds is 3. The maximum absolute atomic E-state index is 11.0. The highest BCUT2D eigenvalue weighted by Crippen LogP contribution is 2.34. The average molecular weight is 269 g/mol. The maximum atomic E-state index is 11.0. The topological polar surface area (TPSA) is 60.8 Å². The van der Waals surface area contributed by atoms with E-state index in [-0.39, 0.29) is 5.92 Å². The van der Waals surface area contributed by atoms with E-state index in [1.807, 2.05) is 0 Å². The van der Waals surface area contributed by atoms with Gasteiger partial charge >= 0.3 is 5.97 Å². The summed E-state index contributed by atoms with van der Waals surface area (Å²) in [5.41, 5.74) is -0.662.